The van der Waals surface area contributed by atoms with E-state index in [1.54, 1.807) is 4.90 Å². The summed E-state index contributed by atoms with van der Waals surface area (Å²) in [5.74, 6) is 0.544. The van der Waals surface area contributed by atoms with E-state index in [1.165, 1.54) is 18.2 Å². The van der Waals surface area contributed by atoms with Crippen LogP contribution in [0.15, 0.2) is 30.6 Å². The van der Waals surface area contributed by atoms with Crippen LogP contribution in [0.4, 0.5) is 4.39 Å². The van der Waals surface area contributed by atoms with Crippen molar-refractivity contribution in [1.82, 2.24) is 14.5 Å². The Morgan fingerprint density at radius 2 is 2.17 bits per heavy atom. The molecule has 1 atom stereocenters. The molecule has 0 saturated carbocycles. The van der Waals surface area contributed by atoms with Gasteiger partial charge in [0.1, 0.15) is 11.6 Å². The molecule has 0 aliphatic carbocycles. The standard InChI is InChI=1S/C18H21ClFN3O/c1-12(2)23-7-5-21-17(23)13-4-3-6-22(11-13)18(24)14-8-15(19)10-16(20)9-14/h5,7-10,12-13H,3-4,6,11H2,1-2H3/t13-/m1/s1. The van der Waals surface area contributed by atoms with Gasteiger partial charge in [-0.2, -0.15) is 0 Å². The van der Waals surface area contributed by atoms with Crippen molar-refractivity contribution in [1.29, 1.82) is 0 Å². The van der Waals surface area contributed by atoms with E-state index in [-0.39, 0.29) is 16.8 Å². The van der Waals surface area contributed by atoms with Crippen molar-refractivity contribution >= 4 is 17.5 Å². The predicted molar refractivity (Wildman–Crippen MR) is 91.9 cm³/mol. The number of amides is 1. The van der Waals surface area contributed by atoms with Gasteiger partial charge in [0.2, 0.25) is 0 Å². The Hall–Kier alpha value is -1.88. The molecule has 1 aliphatic heterocycles. The van der Waals surface area contributed by atoms with E-state index < -0.39 is 5.82 Å². The molecular weight excluding hydrogens is 329 g/mol. The van der Waals surface area contributed by atoms with Gasteiger partial charge in [-0.1, -0.05) is 11.6 Å². The van der Waals surface area contributed by atoms with Crippen molar-refractivity contribution in [3.8, 4) is 0 Å². The summed E-state index contributed by atoms with van der Waals surface area (Å²) in [6.45, 7) is 5.50. The summed E-state index contributed by atoms with van der Waals surface area (Å²) >= 11 is 5.87. The van der Waals surface area contributed by atoms with Crippen LogP contribution < -0.4 is 0 Å². The molecule has 1 aromatic heterocycles. The fraction of sp³-hybridized carbons (Fsp3) is 0.444. The Kier molecular flexibility index (Phi) is 4.90. The Labute approximate surface area is 146 Å². The van der Waals surface area contributed by atoms with Gasteiger partial charge in [-0.25, -0.2) is 9.37 Å². The van der Waals surface area contributed by atoms with Crippen LogP contribution in [0.1, 0.15) is 54.8 Å². The van der Waals surface area contributed by atoms with E-state index in [0.717, 1.165) is 18.7 Å². The van der Waals surface area contributed by atoms with Crippen LogP contribution in [-0.2, 0) is 0 Å². The third-order valence-corrected chi connectivity index (χ3v) is 4.66. The van der Waals surface area contributed by atoms with E-state index in [1.807, 2.05) is 12.4 Å². The summed E-state index contributed by atoms with van der Waals surface area (Å²) in [6, 6.07) is 4.30. The number of carbonyl (C=O) groups is 1. The van der Waals surface area contributed by atoms with Crippen molar-refractivity contribution in [3.05, 3.63) is 52.8 Å². The number of halogens is 2. The first-order valence-corrected chi connectivity index (χ1v) is 8.61. The number of piperidine rings is 1. The lowest BCUT2D eigenvalue weighted by atomic mass is 9.96. The summed E-state index contributed by atoms with van der Waals surface area (Å²) in [5.41, 5.74) is 0.299. The third kappa shape index (κ3) is 3.46. The number of hydrogen-bond donors (Lipinski definition) is 0. The zero-order chi connectivity index (χ0) is 17.3. The van der Waals surface area contributed by atoms with Gasteiger partial charge < -0.3 is 9.47 Å². The Balaban J connectivity index is 1.80. The first-order chi connectivity index (χ1) is 11.5. The molecule has 2 aromatic rings. The molecular formula is C18H21ClFN3O. The van der Waals surface area contributed by atoms with Gasteiger partial charge in [0, 0.05) is 48.0 Å². The maximum atomic E-state index is 13.5. The topological polar surface area (TPSA) is 38.1 Å². The largest absolute Gasteiger partial charge is 0.338 e. The van der Waals surface area contributed by atoms with Gasteiger partial charge in [0.25, 0.3) is 5.91 Å². The highest BCUT2D eigenvalue weighted by Gasteiger charge is 2.28. The number of likely N-dealkylation sites (tertiary alicyclic amines) is 1. The fourth-order valence-corrected chi connectivity index (χ4v) is 3.53. The molecule has 1 fully saturated rings. The summed E-state index contributed by atoms with van der Waals surface area (Å²) in [7, 11) is 0. The van der Waals surface area contributed by atoms with E-state index in [4.69, 9.17) is 11.6 Å². The van der Waals surface area contributed by atoms with E-state index in [2.05, 4.69) is 23.4 Å². The number of hydrogen-bond acceptors (Lipinski definition) is 2. The van der Waals surface area contributed by atoms with Crippen LogP contribution >= 0.6 is 11.6 Å². The molecule has 0 radical (unpaired) electrons. The summed E-state index contributed by atoms with van der Waals surface area (Å²) in [6.07, 6.45) is 5.69. The van der Waals surface area contributed by atoms with Crippen molar-refractivity contribution in [2.24, 2.45) is 0 Å². The molecule has 0 N–H and O–H groups in total. The molecule has 6 heteroatoms. The van der Waals surface area contributed by atoms with Crippen molar-refractivity contribution in [2.75, 3.05) is 13.1 Å². The number of nitrogens with zero attached hydrogens (tertiary/aromatic N) is 3. The van der Waals surface area contributed by atoms with E-state index in [0.29, 0.717) is 24.7 Å². The van der Waals surface area contributed by atoms with Gasteiger partial charge in [-0.3, -0.25) is 4.79 Å². The molecule has 1 aromatic carbocycles. The van der Waals surface area contributed by atoms with Gasteiger partial charge in [0.05, 0.1) is 0 Å². The molecule has 1 aliphatic rings. The lowest BCUT2D eigenvalue weighted by molar-refractivity contribution is 0.0702. The van der Waals surface area contributed by atoms with Crippen molar-refractivity contribution in [2.45, 2.75) is 38.6 Å². The number of rotatable bonds is 3. The Morgan fingerprint density at radius 3 is 2.88 bits per heavy atom. The SMILES string of the molecule is CC(C)n1ccnc1[C@@H]1CCCN(C(=O)c2cc(F)cc(Cl)c2)C1. The van der Waals surface area contributed by atoms with Crippen molar-refractivity contribution < 1.29 is 9.18 Å². The number of benzene rings is 1. The minimum Gasteiger partial charge on any atom is -0.338 e. The van der Waals surface area contributed by atoms with E-state index in [9.17, 15) is 9.18 Å². The van der Waals surface area contributed by atoms with Crippen molar-refractivity contribution in [3.63, 3.8) is 0 Å². The molecule has 1 saturated heterocycles. The second kappa shape index (κ2) is 6.93. The second-order valence-electron chi connectivity index (χ2n) is 6.53. The maximum absolute atomic E-state index is 13.5. The highest BCUT2D eigenvalue weighted by molar-refractivity contribution is 6.31. The fourth-order valence-electron chi connectivity index (χ4n) is 3.31. The summed E-state index contributed by atoms with van der Waals surface area (Å²) in [5, 5.41) is 0.238. The monoisotopic (exact) mass is 349 g/mol. The summed E-state index contributed by atoms with van der Waals surface area (Å²) in [4.78, 5) is 19.0. The molecule has 128 valence electrons. The quantitative estimate of drug-likeness (QED) is 0.829. The lowest BCUT2D eigenvalue weighted by Gasteiger charge is -2.33. The Bertz CT molecular complexity index is 723. The Morgan fingerprint density at radius 1 is 1.38 bits per heavy atom. The first-order valence-electron chi connectivity index (χ1n) is 8.24. The van der Waals surface area contributed by atoms with Crippen LogP contribution in [0.3, 0.4) is 0 Å². The minimum absolute atomic E-state index is 0.177. The molecule has 24 heavy (non-hydrogen) atoms. The average molecular weight is 350 g/mol. The van der Waals surface area contributed by atoms with Gasteiger partial charge in [0.15, 0.2) is 0 Å². The zero-order valence-corrected chi connectivity index (χ0v) is 14.6. The van der Waals surface area contributed by atoms with Gasteiger partial charge >= 0.3 is 0 Å². The second-order valence-corrected chi connectivity index (χ2v) is 6.97. The lowest BCUT2D eigenvalue weighted by Crippen LogP contribution is -2.39. The summed E-state index contributed by atoms with van der Waals surface area (Å²) < 4.78 is 15.7. The molecule has 0 spiro atoms. The number of aromatic nitrogens is 2. The minimum atomic E-state index is -0.491. The molecule has 4 nitrogen and oxygen atoms in total. The number of carbonyl (C=O) groups excluding carboxylic acids is 1. The normalized spacial score (nSPS) is 18.2. The number of imidazole rings is 1. The maximum Gasteiger partial charge on any atom is 0.254 e. The first kappa shape index (κ1) is 17.0. The van der Waals surface area contributed by atoms with Crippen LogP contribution in [0, 0.1) is 5.82 Å². The average Bonchev–Trinajstić information content (AvgIpc) is 3.03. The van der Waals surface area contributed by atoms with Gasteiger partial charge in [-0.15, -0.1) is 0 Å². The molecule has 1 amide bonds. The van der Waals surface area contributed by atoms with Gasteiger partial charge in [-0.05, 0) is 44.9 Å². The molecule has 0 bridgehead atoms. The van der Waals surface area contributed by atoms with Crippen LogP contribution in [-0.4, -0.2) is 33.4 Å². The predicted octanol–water partition coefficient (Wildman–Crippen LogP) is 4.28. The highest BCUT2D eigenvalue weighted by atomic mass is 35.5. The van der Waals surface area contributed by atoms with E-state index >= 15 is 0 Å². The highest BCUT2D eigenvalue weighted by Crippen LogP contribution is 2.28. The third-order valence-electron chi connectivity index (χ3n) is 4.44. The van der Waals surface area contributed by atoms with Crippen LogP contribution in [0.25, 0.3) is 0 Å². The smallest absolute Gasteiger partial charge is 0.254 e. The molecule has 0 unspecified atom stereocenters. The zero-order valence-electron chi connectivity index (χ0n) is 13.9. The van der Waals surface area contributed by atoms with Crippen LogP contribution in [0.5, 0.6) is 0 Å². The molecule has 2 heterocycles. The molecule has 3 rings (SSSR count). The van der Waals surface area contributed by atoms with Crippen LogP contribution in [0.2, 0.25) is 5.02 Å².